The van der Waals surface area contributed by atoms with Crippen molar-refractivity contribution in [2.75, 3.05) is 11.9 Å². The predicted molar refractivity (Wildman–Crippen MR) is 77.0 cm³/mol. The van der Waals surface area contributed by atoms with E-state index in [1.165, 1.54) is 18.2 Å². The first-order valence-electron chi connectivity index (χ1n) is 6.73. The van der Waals surface area contributed by atoms with E-state index >= 15 is 0 Å². The molecule has 0 aliphatic rings. The van der Waals surface area contributed by atoms with E-state index in [-0.39, 0.29) is 23.6 Å². The highest BCUT2D eigenvalue weighted by molar-refractivity contribution is 6.05. The van der Waals surface area contributed by atoms with Crippen molar-refractivity contribution >= 4 is 11.6 Å². The Bertz CT molecular complexity index is 713. The number of hydrogen-bond acceptors (Lipinski definition) is 2. The Morgan fingerprint density at radius 2 is 1.87 bits per heavy atom. The van der Waals surface area contributed by atoms with Crippen molar-refractivity contribution in [2.24, 2.45) is 0 Å². The van der Waals surface area contributed by atoms with E-state index in [0.29, 0.717) is 0 Å². The molecule has 0 unspecified atom stereocenters. The molecule has 0 fully saturated rings. The molecule has 0 saturated heterocycles. The smallest absolute Gasteiger partial charge is 0.416 e. The van der Waals surface area contributed by atoms with Gasteiger partial charge in [-0.25, -0.2) is 4.39 Å². The molecule has 0 radical (unpaired) electrons. The molecule has 1 N–H and O–H groups in total. The maximum atomic E-state index is 13.6. The van der Waals surface area contributed by atoms with Gasteiger partial charge in [-0.3, -0.25) is 4.79 Å². The lowest BCUT2D eigenvalue weighted by Gasteiger charge is -2.15. The van der Waals surface area contributed by atoms with Crippen molar-refractivity contribution in [1.82, 2.24) is 0 Å². The lowest BCUT2D eigenvalue weighted by molar-refractivity contribution is -0.137. The molecule has 1 amide bonds. The molecule has 23 heavy (non-hydrogen) atoms. The molecule has 0 spiro atoms. The minimum Gasteiger partial charge on any atom is -0.492 e. The van der Waals surface area contributed by atoms with Crippen molar-refractivity contribution in [2.45, 2.75) is 13.1 Å². The highest BCUT2D eigenvalue weighted by Gasteiger charge is 2.31. The van der Waals surface area contributed by atoms with Crippen LogP contribution in [0.1, 0.15) is 22.8 Å². The van der Waals surface area contributed by atoms with E-state index in [1.807, 2.05) is 0 Å². The van der Waals surface area contributed by atoms with E-state index in [1.54, 1.807) is 6.92 Å². The lowest BCUT2D eigenvalue weighted by atomic mass is 10.1. The number of nitrogens with one attached hydrogen (secondary N) is 1. The van der Waals surface area contributed by atoms with Crippen LogP contribution in [0.25, 0.3) is 0 Å². The lowest BCUT2D eigenvalue weighted by Crippen LogP contribution is -2.15. The summed E-state index contributed by atoms with van der Waals surface area (Å²) in [6, 6.07) is 7.90. The number of amides is 1. The van der Waals surface area contributed by atoms with Crippen LogP contribution in [0.15, 0.2) is 42.5 Å². The standard InChI is InChI=1S/C16H13F4NO2/c1-2-23-14-8-7-10(16(18,19)20)9-13(14)21-15(22)11-5-3-4-6-12(11)17/h3-9H,2H2,1H3,(H,21,22). The summed E-state index contributed by atoms with van der Waals surface area (Å²) in [5, 5.41) is 2.26. The number of rotatable bonds is 4. The fourth-order valence-corrected chi connectivity index (χ4v) is 1.92. The van der Waals surface area contributed by atoms with Gasteiger partial charge in [-0.05, 0) is 37.3 Å². The molecule has 0 aliphatic carbocycles. The Kier molecular flexibility index (Phi) is 4.88. The van der Waals surface area contributed by atoms with E-state index in [4.69, 9.17) is 4.74 Å². The highest BCUT2D eigenvalue weighted by Crippen LogP contribution is 2.35. The summed E-state index contributed by atoms with van der Waals surface area (Å²) in [6.07, 6.45) is -4.57. The molecular weight excluding hydrogens is 314 g/mol. The average Bonchev–Trinajstić information content (AvgIpc) is 2.48. The van der Waals surface area contributed by atoms with Gasteiger partial charge in [0.25, 0.3) is 5.91 Å². The first-order chi connectivity index (χ1) is 10.8. The van der Waals surface area contributed by atoms with Gasteiger partial charge in [0.15, 0.2) is 0 Å². The summed E-state index contributed by atoms with van der Waals surface area (Å²) in [6.45, 7) is 1.86. The van der Waals surface area contributed by atoms with Gasteiger partial charge in [-0.1, -0.05) is 12.1 Å². The summed E-state index contributed by atoms with van der Waals surface area (Å²) < 4.78 is 57.2. The second-order valence-corrected chi connectivity index (χ2v) is 4.58. The van der Waals surface area contributed by atoms with Crippen LogP contribution in [0.4, 0.5) is 23.2 Å². The molecule has 0 saturated carbocycles. The Hall–Kier alpha value is -2.57. The van der Waals surface area contributed by atoms with Gasteiger partial charge in [0.05, 0.1) is 23.4 Å². The van der Waals surface area contributed by atoms with Gasteiger partial charge in [-0.2, -0.15) is 13.2 Å². The zero-order valence-electron chi connectivity index (χ0n) is 12.1. The zero-order valence-corrected chi connectivity index (χ0v) is 12.1. The van der Waals surface area contributed by atoms with Crippen molar-refractivity contribution in [1.29, 1.82) is 0 Å². The highest BCUT2D eigenvalue weighted by atomic mass is 19.4. The van der Waals surface area contributed by atoms with Crippen LogP contribution in [-0.2, 0) is 6.18 Å². The monoisotopic (exact) mass is 327 g/mol. The number of hydrogen-bond donors (Lipinski definition) is 1. The SMILES string of the molecule is CCOc1ccc(C(F)(F)F)cc1NC(=O)c1ccccc1F. The van der Waals surface area contributed by atoms with Gasteiger partial charge in [-0.15, -0.1) is 0 Å². The maximum Gasteiger partial charge on any atom is 0.416 e. The molecule has 2 rings (SSSR count). The van der Waals surface area contributed by atoms with Crippen LogP contribution in [-0.4, -0.2) is 12.5 Å². The molecule has 2 aromatic rings. The van der Waals surface area contributed by atoms with Crippen molar-refractivity contribution in [3.8, 4) is 5.75 Å². The fraction of sp³-hybridized carbons (Fsp3) is 0.188. The van der Waals surface area contributed by atoms with Gasteiger partial charge in [0.2, 0.25) is 0 Å². The van der Waals surface area contributed by atoms with Crippen LogP contribution in [0, 0.1) is 5.82 Å². The van der Waals surface area contributed by atoms with Crippen LogP contribution < -0.4 is 10.1 Å². The Balaban J connectivity index is 2.36. The van der Waals surface area contributed by atoms with Crippen LogP contribution in [0.3, 0.4) is 0 Å². The summed E-state index contributed by atoms with van der Waals surface area (Å²) in [5.74, 6) is -1.55. The van der Waals surface area contributed by atoms with Gasteiger partial charge >= 0.3 is 6.18 Å². The number of halogens is 4. The second kappa shape index (κ2) is 6.68. The molecule has 7 heteroatoms. The molecule has 0 bridgehead atoms. The van der Waals surface area contributed by atoms with Gasteiger partial charge < -0.3 is 10.1 Å². The number of benzene rings is 2. The molecule has 0 aromatic heterocycles. The molecule has 122 valence electrons. The largest absolute Gasteiger partial charge is 0.492 e. The van der Waals surface area contributed by atoms with Gasteiger partial charge in [0, 0.05) is 0 Å². The normalized spacial score (nSPS) is 11.2. The third-order valence-corrected chi connectivity index (χ3v) is 2.97. The third-order valence-electron chi connectivity index (χ3n) is 2.97. The first kappa shape index (κ1) is 16.8. The van der Waals surface area contributed by atoms with Crippen LogP contribution >= 0.6 is 0 Å². The van der Waals surface area contributed by atoms with Crippen LogP contribution in [0.5, 0.6) is 5.75 Å². The maximum absolute atomic E-state index is 13.6. The summed E-state index contributed by atoms with van der Waals surface area (Å²) >= 11 is 0. The second-order valence-electron chi connectivity index (χ2n) is 4.58. The molecule has 0 heterocycles. The molecule has 0 aliphatic heterocycles. The van der Waals surface area contributed by atoms with Crippen molar-refractivity contribution in [3.05, 3.63) is 59.4 Å². The average molecular weight is 327 g/mol. The molecule has 0 atom stereocenters. The number of carbonyl (C=O) groups is 1. The molecular formula is C16H13F4NO2. The summed E-state index contributed by atoms with van der Waals surface area (Å²) in [5.41, 5.74) is -1.38. The fourth-order valence-electron chi connectivity index (χ4n) is 1.92. The summed E-state index contributed by atoms with van der Waals surface area (Å²) in [4.78, 5) is 12.1. The van der Waals surface area contributed by atoms with Crippen molar-refractivity contribution < 1.29 is 27.1 Å². The number of ether oxygens (including phenoxy) is 1. The number of alkyl halides is 3. The Morgan fingerprint density at radius 3 is 2.48 bits per heavy atom. The topological polar surface area (TPSA) is 38.3 Å². The van der Waals surface area contributed by atoms with Crippen LogP contribution in [0.2, 0.25) is 0 Å². The quantitative estimate of drug-likeness (QED) is 0.840. The van der Waals surface area contributed by atoms with Gasteiger partial charge in [0.1, 0.15) is 11.6 Å². The number of carbonyl (C=O) groups excluding carboxylic acids is 1. The van der Waals surface area contributed by atoms with E-state index in [2.05, 4.69) is 5.32 Å². The minimum atomic E-state index is -4.57. The Labute approximate surface area is 129 Å². The first-order valence-corrected chi connectivity index (χ1v) is 6.73. The number of anilines is 1. The Morgan fingerprint density at radius 1 is 1.17 bits per heavy atom. The van der Waals surface area contributed by atoms with E-state index in [9.17, 15) is 22.4 Å². The van der Waals surface area contributed by atoms with Crippen molar-refractivity contribution in [3.63, 3.8) is 0 Å². The van der Waals surface area contributed by atoms with E-state index in [0.717, 1.165) is 24.3 Å². The minimum absolute atomic E-state index is 0.0742. The third kappa shape index (κ3) is 4.00. The van der Waals surface area contributed by atoms with E-state index < -0.39 is 23.5 Å². The summed E-state index contributed by atoms with van der Waals surface area (Å²) in [7, 11) is 0. The predicted octanol–water partition coefficient (Wildman–Crippen LogP) is 4.50. The zero-order chi connectivity index (χ0) is 17.0. The molecule has 2 aromatic carbocycles. The molecule has 3 nitrogen and oxygen atoms in total.